The lowest BCUT2D eigenvalue weighted by Gasteiger charge is -2.11. The van der Waals surface area contributed by atoms with E-state index in [0.717, 1.165) is 28.9 Å². The first kappa shape index (κ1) is 21.5. The Morgan fingerprint density at radius 1 is 1.03 bits per heavy atom. The summed E-state index contributed by atoms with van der Waals surface area (Å²) in [5.41, 5.74) is 0.731. The van der Waals surface area contributed by atoms with Crippen molar-refractivity contribution in [1.82, 2.24) is 0 Å². The summed E-state index contributed by atoms with van der Waals surface area (Å²) in [5, 5.41) is 11.2. The molecule has 5 nitrogen and oxygen atoms in total. The van der Waals surface area contributed by atoms with Gasteiger partial charge < -0.3 is 4.74 Å². The summed E-state index contributed by atoms with van der Waals surface area (Å²) < 4.78 is 44.5. The molecule has 0 aliphatic rings. The second-order valence-electron chi connectivity index (χ2n) is 6.32. The maximum atomic E-state index is 12.8. The Bertz CT molecular complexity index is 1110. The van der Waals surface area contributed by atoms with E-state index in [1.54, 1.807) is 24.4 Å². The molecule has 0 heterocycles. The molecule has 30 heavy (non-hydrogen) atoms. The zero-order valence-corrected chi connectivity index (χ0v) is 17.1. The van der Waals surface area contributed by atoms with Gasteiger partial charge in [-0.2, -0.15) is 13.2 Å². The number of nitro groups is 1. The second-order valence-corrected chi connectivity index (χ2v) is 7.18. The summed E-state index contributed by atoms with van der Waals surface area (Å²) >= 11 is 3.31. The minimum atomic E-state index is -4.69. The number of aryl methyl sites for hydroxylation is 1. The molecule has 0 fully saturated rings. The summed E-state index contributed by atoms with van der Waals surface area (Å²) in [5.74, 6) is -0.0832. The van der Waals surface area contributed by atoms with E-state index >= 15 is 0 Å². The molecule has 0 aliphatic heterocycles. The first-order valence-electron chi connectivity index (χ1n) is 8.57. The SMILES string of the molecule is Cc1ccc(N=Cc2ccc(Oc3ccc(C(F)(F)F)cc3[N+](=O)[O-])c(Br)c2)cc1. The highest BCUT2D eigenvalue weighted by molar-refractivity contribution is 9.10. The number of benzene rings is 3. The van der Waals surface area contributed by atoms with Crippen LogP contribution in [0.3, 0.4) is 0 Å². The topological polar surface area (TPSA) is 64.7 Å². The normalized spacial score (nSPS) is 11.6. The number of aliphatic imine (C=N–C) groups is 1. The number of hydrogen-bond donors (Lipinski definition) is 0. The van der Waals surface area contributed by atoms with E-state index in [9.17, 15) is 23.3 Å². The molecule has 0 aliphatic carbocycles. The Morgan fingerprint density at radius 2 is 1.70 bits per heavy atom. The Hall–Kier alpha value is -3.20. The predicted octanol–water partition coefficient (Wildman–Crippen LogP) is 7.23. The Kier molecular flexibility index (Phi) is 6.21. The maximum Gasteiger partial charge on any atom is 0.416 e. The lowest BCUT2D eigenvalue weighted by Crippen LogP contribution is -2.06. The van der Waals surface area contributed by atoms with Gasteiger partial charge in [-0.15, -0.1) is 0 Å². The molecule has 0 N–H and O–H groups in total. The highest BCUT2D eigenvalue weighted by atomic mass is 79.9. The molecule has 0 atom stereocenters. The molecular formula is C21H14BrF3N2O3. The van der Waals surface area contributed by atoms with E-state index in [4.69, 9.17) is 4.74 Å². The number of nitro benzene ring substituents is 1. The minimum absolute atomic E-state index is 0.213. The van der Waals surface area contributed by atoms with Crippen LogP contribution in [0.1, 0.15) is 16.7 Å². The Morgan fingerprint density at radius 3 is 2.30 bits per heavy atom. The van der Waals surface area contributed by atoms with E-state index in [0.29, 0.717) is 10.5 Å². The molecule has 0 saturated carbocycles. The molecule has 9 heteroatoms. The van der Waals surface area contributed by atoms with Crippen LogP contribution in [0.25, 0.3) is 0 Å². The van der Waals surface area contributed by atoms with Crippen LogP contribution >= 0.6 is 15.9 Å². The van der Waals surface area contributed by atoms with E-state index < -0.39 is 22.4 Å². The second kappa shape index (κ2) is 8.66. The van der Waals surface area contributed by atoms with Gasteiger partial charge in [0.2, 0.25) is 5.75 Å². The molecule has 0 amide bonds. The third kappa shape index (κ3) is 5.24. The van der Waals surface area contributed by atoms with Gasteiger partial charge in [0, 0.05) is 12.3 Å². The molecule has 0 radical (unpaired) electrons. The highest BCUT2D eigenvalue weighted by Gasteiger charge is 2.33. The third-order valence-corrected chi connectivity index (χ3v) is 4.68. The summed E-state index contributed by atoms with van der Waals surface area (Å²) in [4.78, 5) is 14.6. The van der Waals surface area contributed by atoms with Crippen LogP contribution in [0.4, 0.5) is 24.5 Å². The number of ether oxygens (including phenoxy) is 1. The van der Waals surface area contributed by atoms with Gasteiger partial charge in [0.15, 0.2) is 0 Å². The van der Waals surface area contributed by atoms with Gasteiger partial charge in [-0.3, -0.25) is 15.1 Å². The van der Waals surface area contributed by atoms with Crippen molar-refractivity contribution in [3.05, 3.63) is 91.9 Å². The standard InChI is InChI=1S/C21H14BrF3N2O3/c1-13-2-6-16(7-3-13)26-12-14-4-8-19(17(22)10-14)30-20-9-5-15(21(23,24)25)11-18(20)27(28)29/h2-12H,1H3. The molecule has 3 rings (SSSR count). The molecule has 0 aromatic heterocycles. The number of alkyl halides is 3. The van der Waals surface area contributed by atoms with Crippen molar-refractivity contribution in [2.75, 3.05) is 0 Å². The first-order valence-corrected chi connectivity index (χ1v) is 9.36. The van der Waals surface area contributed by atoms with Crippen LogP contribution < -0.4 is 4.74 Å². The molecule has 0 unspecified atom stereocenters. The van der Waals surface area contributed by atoms with Gasteiger partial charge in [0.25, 0.3) is 0 Å². The van der Waals surface area contributed by atoms with Gasteiger partial charge in [0.05, 0.1) is 20.6 Å². The van der Waals surface area contributed by atoms with Gasteiger partial charge in [-0.25, -0.2) is 0 Å². The first-order chi connectivity index (χ1) is 14.1. The van der Waals surface area contributed by atoms with Gasteiger partial charge in [0.1, 0.15) is 5.75 Å². The van der Waals surface area contributed by atoms with Crippen LogP contribution in [0, 0.1) is 17.0 Å². The fourth-order valence-corrected chi connectivity index (χ4v) is 2.98. The average molecular weight is 479 g/mol. The van der Waals surface area contributed by atoms with E-state index in [1.165, 1.54) is 0 Å². The summed E-state index contributed by atoms with van der Waals surface area (Å²) in [6, 6.07) is 14.7. The molecule has 3 aromatic carbocycles. The Balaban J connectivity index is 1.84. The van der Waals surface area contributed by atoms with Crippen molar-refractivity contribution in [2.45, 2.75) is 13.1 Å². The third-order valence-electron chi connectivity index (χ3n) is 4.06. The van der Waals surface area contributed by atoms with E-state index in [-0.39, 0.29) is 11.5 Å². The lowest BCUT2D eigenvalue weighted by molar-refractivity contribution is -0.385. The quantitative estimate of drug-likeness (QED) is 0.220. The number of nitrogens with zero attached hydrogens (tertiary/aromatic N) is 2. The molecular weight excluding hydrogens is 465 g/mol. The molecule has 0 spiro atoms. The number of rotatable bonds is 5. The fraction of sp³-hybridized carbons (Fsp3) is 0.0952. The van der Waals surface area contributed by atoms with Crippen LogP contribution in [0.5, 0.6) is 11.5 Å². The predicted molar refractivity (Wildman–Crippen MR) is 111 cm³/mol. The van der Waals surface area contributed by atoms with Crippen LogP contribution in [-0.4, -0.2) is 11.1 Å². The smallest absolute Gasteiger partial charge is 0.416 e. The average Bonchev–Trinajstić information content (AvgIpc) is 2.68. The molecule has 0 saturated heterocycles. The van der Waals surface area contributed by atoms with Crippen molar-refractivity contribution in [3.63, 3.8) is 0 Å². The lowest BCUT2D eigenvalue weighted by atomic mass is 10.2. The van der Waals surface area contributed by atoms with Crippen molar-refractivity contribution < 1.29 is 22.8 Å². The zero-order chi connectivity index (χ0) is 21.9. The number of halogens is 4. The maximum absolute atomic E-state index is 12.8. The van der Waals surface area contributed by atoms with Crippen LogP contribution in [-0.2, 0) is 6.18 Å². The number of hydrogen-bond acceptors (Lipinski definition) is 4. The van der Waals surface area contributed by atoms with Crippen LogP contribution in [0.2, 0.25) is 0 Å². The van der Waals surface area contributed by atoms with Crippen molar-refractivity contribution in [1.29, 1.82) is 0 Å². The van der Waals surface area contributed by atoms with Crippen LogP contribution in [0.15, 0.2) is 70.1 Å². The van der Waals surface area contributed by atoms with Gasteiger partial charge in [-0.05, 0) is 70.9 Å². The van der Waals surface area contributed by atoms with Crippen molar-refractivity contribution in [2.24, 2.45) is 4.99 Å². The van der Waals surface area contributed by atoms with E-state index in [2.05, 4.69) is 20.9 Å². The van der Waals surface area contributed by atoms with Gasteiger partial charge in [-0.1, -0.05) is 17.7 Å². The molecule has 0 bridgehead atoms. The summed E-state index contributed by atoms with van der Waals surface area (Å²) in [6.07, 6.45) is -3.05. The summed E-state index contributed by atoms with van der Waals surface area (Å²) in [6.45, 7) is 1.98. The molecule has 154 valence electrons. The largest absolute Gasteiger partial charge is 0.449 e. The Labute approximate surface area is 178 Å². The van der Waals surface area contributed by atoms with Crippen molar-refractivity contribution in [3.8, 4) is 11.5 Å². The fourth-order valence-electron chi connectivity index (χ4n) is 2.50. The monoisotopic (exact) mass is 478 g/mol. The minimum Gasteiger partial charge on any atom is -0.449 e. The van der Waals surface area contributed by atoms with Gasteiger partial charge >= 0.3 is 11.9 Å². The zero-order valence-electron chi connectivity index (χ0n) is 15.5. The van der Waals surface area contributed by atoms with E-state index in [1.807, 2.05) is 31.2 Å². The molecule has 3 aromatic rings. The van der Waals surface area contributed by atoms with Crippen molar-refractivity contribution >= 4 is 33.5 Å². The highest BCUT2D eigenvalue weighted by Crippen LogP contribution is 2.39. The summed E-state index contributed by atoms with van der Waals surface area (Å²) in [7, 11) is 0.